The summed E-state index contributed by atoms with van der Waals surface area (Å²) in [5.74, 6) is 0.433. The number of carbonyl (C=O) groups excluding carboxylic acids is 3. The number of fused-ring (bicyclic) bond motifs is 3. The van der Waals surface area contributed by atoms with Crippen molar-refractivity contribution in [2.24, 2.45) is 0 Å². The van der Waals surface area contributed by atoms with Crippen LogP contribution in [0.4, 0.5) is 11.5 Å². The maximum absolute atomic E-state index is 13.3. The second kappa shape index (κ2) is 10.5. The summed E-state index contributed by atoms with van der Waals surface area (Å²) in [4.78, 5) is 56.8. The van der Waals surface area contributed by atoms with Crippen molar-refractivity contribution >= 4 is 51.4 Å². The summed E-state index contributed by atoms with van der Waals surface area (Å²) in [7, 11) is 0. The number of morpholine rings is 1. The van der Waals surface area contributed by atoms with E-state index in [9.17, 15) is 14.4 Å². The van der Waals surface area contributed by atoms with Crippen molar-refractivity contribution < 1.29 is 23.5 Å². The van der Waals surface area contributed by atoms with Crippen molar-refractivity contribution in [3.63, 3.8) is 0 Å². The number of nitrogens with zero attached hydrogens (tertiary/aromatic N) is 6. The lowest BCUT2D eigenvalue weighted by Crippen LogP contribution is -2.59. The molecule has 12 nitrogen and oxygen atoms in total. The van der Waals surface area contributed by atoms with Gasteiger partial charge in [-0.05, 0) is 24.3 Å². The van der Waals surface area contributed by atoms with E-state index in [0.29, 0.717) is 79.1 Å². The van der Waals surface area contributed by atoms with Crippen LogP contribution in [0, 0.1) is 0 Å². The molecule has 2 aliphatic heterocycles. The molecule has 12 heteroatoms. The third-order valence-corrected chi connectivity index (χ3v) is 7.30. The van der Waals surface area contributed by atoms with Crippen LogP contribution in [-0.2, 0) is 19.1 Å². The molecule has 1 atom stereocenters. The number of pyridine rings is 1. The van der Waals surface area contributed by atoms with Gasteiger partial charge in [-0.25, -0.2) is 15.0 Å². The SMILES string of the molecule is CC(=O)N1CCN(C(C)=O)C(C(=O)Nc2cccc(-c3nc(N4CCOCC4)c4oc5ncccc5c4n3)c2)C1. The van der Waals surface area contributed by atoms with Crippen LogP contribution >= 0.6 is 0 Å². The van der Waals surface area contributed by atoms with Gasteiger partial charge in [0.25, 0.3) is 0 Å². The Bertz CT molecular complexity index is 1610. The first-order chi connectivity index (χ1) is 19.4. The van der Waals surface area contributed by atoms with E-state index >= 15 is 0 Å². The van der Waals surface area contributed by atoms with Crippen LogP contribution in [0.5, 0.6) is 0 Å². The van der Waals surface area contributed by atoms with Crippen molar-refractivity contribution in [2.75, 3.05) is 56.2 Å². The minimum Gasteiger partial charge on any atom is -0.432 e. The molecule has 3 amide bonds. The van der Waals surface area contributed by atoms with E-state index in [1.165, 1.54) is 18.7 Å². The Labute approximate surface area is 229 Å². The van der Waals surface area contributed by atoms with Gasteiger partial charge < -0.3 is 29.2 Å². The fourth-order valence-corrected chi connectivity index (χ4v) is 5.21. The average Bonchev–Trinajstić information content (AvgIpc) is 3.35. The molecule has 2 saturated heterocycles. The molecule has 0 bridgehead atoms. The Balaban J connectivity index is 1.35. The maximum atomic E-state index is 13.3. The number of benzene rings is 1. The Hall–Kier alpha value is -4.58. The van der Waals surface area contributed by atoms with Gasteiger partial charge in [-0.1, -0.05) is 12.1 Å². The van der Waals surface area contributed by atoms with E-state index in [1.54, 1.807) is 23.2 Å². The zero-order valence-electron chi connectivity index (χ0n) is 22.3. The van der Waals surface area contributed by atoms with Gasteiger partial charge in [0.15, 0.2) is 17.2 Å². The van der Waals surface area contributed by atoms with E-state index < -0.39 is 6.04 Å². The lowest BCUT2D eigenvalue weighted by atomic mass is 10.1. The first-order valence-electron chi connectivity index (χ1n) is 13.2. The van der Waals surface area contributed by atoms with Gasteiger partial charge in [-0.3, -0.25) is 14.4 Å². The van der Waals surface area contributed by atoms with Crippen LogP contribution in [-0.4, -0.2) is 94.5 Å². The molecular formula is C28H29N7O5. The minimum atomic E-state index is -0.788. The van der Waals surface area contributed by atoms with Crippen molar-refractivity contribution in [3.8, 4) is 11.4 Å². The fourth-order valence-electron chi connectivity index (χ4n) is 5.21. The summed E-state index contributed by atoms with van der Waals surface area (Å²) in [6.45, 7) is 6.23. The van der Waals surface area contributed by atoms with Crippen molar-refractivity contribution in [1.82, 2.24) is 24.8 Å². The summed E-state index contributed by atoms with van der Waals surface area (Å²) >= 11 is 0. The minimum absolute atomic E-state index is 0.131. The summed E-state index contributed by atoms with van der Waals surface area (Å²) in [6.07, 6.45) is 1.68. The number of anilines is 2. The number of piperazine rings is 1. The molecule has 6 rings (SSSR count). The molecule has 2 aliphatic rings. The lowest BCUT2D eigenvalue weighted by molar-refractivity contribution is -0.144. The first kappa shape index (κ1) is 25.7. The number of carbonyl (C=O) groups is 3. The molecule has 0 aliphatic carbocycles. The Morgan fingerprint density at radius 1 is 0.975 bits per heavy atom. The number of amides is 3. The highest BCUT2D eigenvalue weighted by atomic mass is 16.5. The summed E-state index contributed by atoms with van der Waals surface area (Å²) in [6, 6.07) is 10.2. The predicted octanol–water partition coefficient (Wildman–Crippen LogP) is 2.29. The molecule has 1 N–H and O–H groups in total. The topological polar surface area (TPSA) is 134 Å². The Morgan fingerprint density at radius 2 is 1.80 bits per heavy atom. The van der Waals surface area contributed by atoms with E-state index in [1.807, 2.05) is 24.3 Å². The van der Waals surface area contributed by atoms with Crippen LogP contribution < -0.4 is 10.2 Å². The van der Waals surface area contributed by atoms with Crippen molar-refractivity contribution in [3.05, 3.63) is 42.6 Å². The fraction of sp³-hybridized carbons (Fsp3) is 0.357. The summed E-state index contributed by atoms with van der Waals surface area (Å²) in [5, 5.41) is 3.71. The average molecular weight is 544 g/mol. The van der Waals surface area contributed by atoms with Gasteiger partial charge >= 0.3 is 0 Å². The monoisotopic (exact) mass is 543 g/mol. The smallest absolute Gasteiger partial charge is 0.249 e. The van der Waals surface area contributed by atoms with Gasteiger partial charge in [-0.2, -0.15) is 0 Å². The van der Waals surface area contributed by atoms with E-state index in [-0.39, 0.29) is 24.3 Å². The normalized spacial score (nSPS) is 17.9. The Morgan fingerprint density at radius 3 is 2.58 bits per heavy atom. The van der Waals surface area contributed by atoms with Crippen molar-refractivity contribution in [2.45, 2.75) is 19.9 Å². The van der Waals surface area contributed by atoms with E-state index in [4.69, 9.17) is 19.1 Å². The number of rotatable bonds is 4. The van der Waals surface area contributed by atoms with E-state index in [0.717, 1.165) is 5.39 Å². The molecule has 206 valence electrons. The highest BCUT2D eigenvalue weighted by Gasteiger charge is 2.35. The molecule has 0 saturated carbocycles. The summed E-state index contributed by atoms with van der Waals surface area (Å²) < 4.78 is 11.6. The molecule has 5 heterocycles. The van der Waals surface area contributed by atoms with Crippen LogP contribution in [0.1, 0.15) is 13.8 Å². The highest BCUT2D eigenvalue weighted by Crippen LogP contribution is 2.34. The van der Waals surface area contributed by atoms with Crippen LogP contribution in [0.15, 0.2) is 47.0 Å². The van der Waals surface area contributed by atoms with Crippen LogP contribution in [0.3, 0.4) is 0 Å². The molecule has 3 aromatic heterocycles. The number of aromatic nitrogens is 3. The quantitative estimate of drug-likeness (QED) is 0.411. The predicted molar refractivity (Wildman–Crippen MR) is 148 cm³/mol. The largest absolute Gasteiger partial charge is 0.432 e. The molecule has 4 aromatic rings. The molecule has 2 fully saturated rings. The highest BCUT2D eigenvalue weighted by molar-refractivity contribution is 6.05. The van der Waals surface area contributed by atoms with E-state index in [2.05, 4.69) is 15.2 Å². The third kappa shape index (κ3) is 4.81. The first-order valence-corrected chi connectivity index (χ1v) is 13.2. The lowest BCUT2D eigenvalue weighted by Gasteiger charge is -2.39. The number of ether oxygens (including phenoxy) is 1. The maximum Gasteiger partial charge on any atom is 0.249 e. The Kier molecular flexibility index (Phi) is 6.76. The van der Waals surface area contributed by atoms with Gasteiger partial charge in [0, 0.05) is 57.5 Å². The van der Waals surface area contributed by atoms with Crippen LogP contribution in [0.25, 0.3) is 33.6 Å². The number of furan rings is 1. The molecule has 40 heavy (non-hydrogen) atoms. The van der Waals surface area contributed by atoms with Crippen LogP contribution in [0.2, 0.25) is 0 Å². The molecule has 0 radical (unpaired) electrons. The molecular weight excluding hydrogens is 514 g/mol. The van der Waals surface area contributed by atoms with Gasteiger partial charge in [-0.15, -0.1) is 0 Å². The number of nitrogens with one attached hydrogen (secondary N) is 1. The van der Waals surface area contributed by atoms with Crippen molar-refractivity contribution in [1.29, 1.82) is 0 Å². The summed E-state index contributed by atoms with van der Waals surface area (Å²) in [5.41, 5.74) is 2.95. The molecule has 0 spiro atoms. The van der Waals surface area contributed by atoms with Gasteiger partial charge in [0.05, 0.1) is 25.1 Å². The standard InChI is InChI=1S/C28H29N7O5/c1-17(36)34-9-10-35(18(2)37)22(16-34)27(38)30-20-6-3-5-19(15-20)25-31-23-21-7-4-8-29-28(21)40-24(23)26(32-25)33-11-13-39-14-12-33/h3-8,15,22H,9-14,16H2,1-2H3,(H,30,38). The van der Waals surface area contributed by atoms with Gasteiger partial charge in [0.1, 0.15) is 11.6 Å². The molecule has 1 aromatic carbocycles. The third-order valence-electron chi connectivity index (χ3n) is 7.30. The van der Waals surface area contributed by atoms with Gasteiger partial charge in [0.2, 0.25) is 23.4 Å². The molecule has 1 unspecified atom stereocenters. The second-order valence-electron chi connectivity index (χ2n) is 9.87. The number of hydrogen-bond acceptors (Lipinski definition) is 9. The zero-order valence-corrected chi connectivity index (χ0v) is 22.3. The number of hydrogen-bond donors (Lipinski definition) is 1. The zero-order chi connectivity index (χ0) is 27.8. The second-order valence-corrected chi connectivity index (χ2v) is 9.87.